The molecule has 10 nitrogen and oxygen atoms in total. The van der Waals surface area contributed by atoms with Crippen LogP contribution in [0.3, 0.4) is 0 Å². The van der Waals surface area contributed by atoms with Crippen LogP contribution in [0.5, 0.6) is 0 Å². The Kier molecular flexibility index (Phi) is 14.2. The van der Waals surface area contributed by atoms with Crippen molar-refractivity contribution >= 4 is 18.1 Å². The first kappa shape index (κ1) is 37.1. The highest BCUT2D eigenvalue weighted by Crippen LogP contribution is 2.21. The average Bonchev–Trinajstić information content (AvgIpc) is 3.03. The molecule has 5 atom stereocenters. The predicted molar refractivity (Wildman–Crippen MR) is 180 cm³/mol. The van der Waals surface area contributed by atoms with Crippen molar-refractivity contribution in [1.29, 1.82) is 0 Å². The Morgan fingerprint density at radius 1 is 0.702 bits per heavy atom. The number of amides is 3. The van der Waals surface area contributed by atoms with E-state index in [0.717, 1.165) is 16.7 Å². The predicted octanol–water partition coefficient (Wildman–Crippen LogP) is 4.77. The summed E-state index contributed by atoms with van der Waals surface area (Å²) >= 11 is 0. The van der Waals surface area contributed by atoms with Crippen molar-refractivity contribution in [3.05, 3.63) is 108 Å². The molecule has 0 aliphatic heterocycles. The molecule has 0 saturated heterocycles. The van der Waals surface area contributed by atoms with E-state index in [1.54, 1.807) is 34.6 Å². The van der Waals surface area contributed by atoms with Crippen molar-refractivity contribution in [3.8, 4) is 0 Å². The molecule has 0 spiro atoms. The van der Waals surface area contributed by atoms with Gasteiger partial charge in [0.05, 0.1) is 18.8 Å². The standard InChI is InChI=1S/C37H49N3O7/c1-25(2)32(40-35(44)46-24-28-19-13-8-14-20-28)34(43)38-31(22-27-17-11-7-12-18-27)33(42)29(23-41)30(21-26-15-9-6-10-16-26)39-36(45)47-37(3,4)5/h6-20,25,29-33,41-42H,21-24H2,1-5H3,(H,38,43)(H,39,45)(H,40,44)/t29-,30+,31+,32+,33+/m1/s1. The lowest BCUT2D eigenvalue weighted by atomic mass is 9.84. The summed E-state index contributed by atoms with van der Waals surface area (Å²) in [6, 6.07) is 25.3. The summed E-state index contributed by atoms with van der Waals surface area (Å²) in [4.78, 5) is 39.4. The fourth-order valence-electron chi connectivity index (χ4n) is 5.23. The number of rotatable bonds is 15. The van der Waals surface area contributed by atoms with Crippen LogP contribution in [0.2, 0.25) is 0 Å². The smallest absolute Gasteiger partial charge is 0.408 e. The number of ether oxygens (including phenoxy) is 2. The Balaban J connectivity index is 1.85. The van der Waals surface area contributed by atoms with Crippen LogP contribution in [-0.2, 0) is 33.7 Å². The van der Waals surface area contributed by atoms with Gasteiger partial charge in [-0.1, -0.05) is 105 Å². The van der Waals surface area contributed by atoms with Crippen LogP contribution >= 0.6 is 0 Å². The van der Waals surface area contributed by atoms with Crippen molar-refractivity contribution in [3.63, 3.8) is 0 Å². The largest absolute Gasteiger partial charge is 0.445 e. The zero-order chi connectivity index (χ0) is 34.4. The van der Waals surface area contributed by atoms with Gasteiger partial charge >= 0.3 is 12.2 Å². The molecule has 0 aromatic heterocycles. The molecule has 3 aromatic carbocycles. The highest BCUT2D eigenvalue weighted by Gasteiger charge is 2.37. The van der Waals surface area contributed by atoms with Gasteiger partial charge in [0.2, 0.25) is 5.91 Å². The van der Waals surface area contributed by atoms with Gasteiger partial charge < -0.3 is 35.6 Å². The molecular formula is C37H49N3O7. The fourth-order valence-corrected chi connectivity index (χ4v) is 5.23. The lowest BCUT2D eigenvalue weighted by Gasteiger charge is -2.36. The molecule has 3 amide bonds. The van der Waals surface area contributed by atoms with Crippen molar-refractivity contribution in [2.75, 3.05) is 6.61 Å². The average molecular weight is 648 g/mol. The Labute approximate surface area is 277 Å². The number of carbonyl (C=O) groups excluding carboxylic acids is 3. The van der Waals surface area contributed by atoms with Gasteiger partial charge in [-0.05, 0) is 56.2 Å². The third-order valence-corrected chi connectivity index (χ3v) is 7.64. The summed E-state index contributed by atoms with van der Waals surface area (Å²) < 4.78 is 10.9. The number of carbonyl (C=O) groups is 3. The van der Waals surface area contributed by atoms with Crippen molar-refractivity contribution in [2.24, 2.45) is 11.8 Å². The number of aliphatic hydroxyl groups excluding tert-OH is 2. The second kappa shape index (κ2) is 18.1. The molecule has 3 aromatic rings. The molecule has 0 aliphatic rings. The molecule has 0 bridgehead atoms. The van der Waals surface area contributed by atoms with E-state index >= 15 is 0 Å². The second-order valence-electron chi connectivity index (χ2n) is 13.0. The third-order valence-electron chi connectivity index (χ3n) is 7.64. The number of aliphatic hydroxyl groups is 2. The Morgan fingerprint density at radius 3 is 1.66 bits per heavy atom. The Morgan fingerprint density at radius 2 is 1.19 bits per heavy atom. The lowest BCUT2D eigenvalue weighted by Crippen LogP contribution is -2.59. The summed E-state index contributed by atoms with van der Waals surface area (Å²) in [5, 5.41) is 31.0. The zero-order valence-electron chi connectivity index (χ0n) is 27.9. The summed E-state index contributed by atoms with van der Waals surface area (Å²) in [6.07, 6.45) is -2.24. The number of nitrogens with one attached hydrogen (secondary N) is 3. The van der Waals surface area contributed by atoms with Crippen LogP contribution in [0.15, 0.2) is 91.0 Å². The molecule has 0 unspecified atom stereocenters. The molecule has 5 N–H and O–H groups in total. The highest BCUT2D eigenvalue weighted by molar-refractivity contribution is 5.86. The fraction of sp³-hybridized carbons (Fsp3) is 0.432. The number of hydrogen-bond donors (Lipinski definition) is 5. The molecule has 0 radical (unpaired) electrons. The van der Waals surface area contributed by atoms with E-state index in [4.69, 9.17) is 9.47 Å². The van der Waals surface area contributed by atoms with Gasteiger partial charge in [-0.2, -0.15) is 0 Å². The summed E-state index contributed by atoms with van der Waals surface area (Å²) in [5.41, 5.74) is 1.75. The van der Waals surface area contributed by atoms with Crippen LogP contribution in [0, 0.1) is 11.8 Å². The minimum atomic E-state index is -1.31. The number of hydrogen-bond acceptors (Lipinski definition) is 7. The van der Waals surface area contributed by atoms with Gasteiger partial charge in [0.25, 0.3) is 0 Å². The molecule has 0 heterocycles. The maximum Gasteiger partial charge on any atom is 0.408 e. The van der Waals surface area contributed by atoms with Crippen molar-refractivity contribution in [2.45, 2.75) is 83.9 Å². The van der Waals surface area contributed by atoms with E-state index in [1.807, 2.05) is 91.0 Å². The summed E-state index contributed by atoms with van der Waals surface area (Å²) in [5.74, 6) is -1.74. The minimum absolute atomic E-state index is 0.0418. The molecule has 47 heavy (non-hydrogen) atoms. The zero-order valence-corrected chi connectivity index (χ0v) is 27.9. The van der Waals surface area contributed by atoms with E-state index in [2.05, 4.69) is 16.0 Å². The molecule has 0 fully saturated rings. The Hall–Kier alpha value is -4.41. The van der Waals surface area contributed by atoms with Gasteiger partial charge in [-0.15, -0.1) is 0 Å². The molecular weight excluding hydrogens is 598 g/mol. The van der Waals surface area contributed by atoms with E-state index in [9.17, 15) is 24.6 Å². The van der Waals surface area contributed by atoms with Crippen LogP contribution in [0.1, 0.15) is 51.3 Å². The molecule has 0 aliphatic carbocycles. The van der Waals surface area contributed by atoms with Crippen LogP contribution in [-0.4, -0.2) is 64.7 Å². The Bertz CT molecular complexity index is 1380. The lowest BCUT2D eigenvalue weighted by molar-refractivity contribution is -0.126. The quantitative estimate of drug-likeness (QED) is 0.160. The molecule has 0 saturated carbocycles. The summed E-state index contributed by atoms with van der Waals surface area (Å²) in [6.45, 7) is 8.38. The topological polar surface area (TPSA) is 146 Å². The first-order valence-corrected chi connectivity index (χ1v) is 16.0. The SMILES string of the molecule is CC(C)[C@H](NC(=O)OCc1ccccc1)C(=O)N[C@@H](Cc1ccccc1)[C@@H](O)[C@H](CO)[C@H](Cc1ccccc1)NC(=O)OC(C)(C)C. The molecule has 254 valence electrons. The van der Waals surface area contributed by atoms with E-state index in [1.165, 1.54) is 0 Å². The van der Waals surface area contributed by atoms with Crippen LogP contribution < -0.4 is 16.0 Å². The maximum absolute atomic E-state index is 13.8. The number of benzene rings is 3. The normalized spacial score (nSPS) is 14.6. The van der Waals surface area contributed by atoms with Crippen molar-refractivity contribution in [1.82, 2.24) is 16.0 Å². The van der Waals surface area contributed by atoms with Crippen molar-refractivity contribution < 1.29 is 34.1 Å². The third kappa shape index (κ3) is 12.7. The van der Waals surface area contributed by atoms with Gasteiger partial charge in [0.1, 0.15) is 18.2 Å². The minimum Gasteiger partial charge on any atom is -0.445 e. The van der Waals surface area contributed by atoms with Gasteiger partial charge in [0.15, 0.2) is 0 Å². The first-order chi connectivity index (χ1) is 22.4. The molecule has 10 heteroatoms. The van der Waals surface area contributed by atoms with Crippen LogP contribution in [0.25, 0.3) is 0 Å². The van der Waals surface area contributed by atoms with Crippen LogP contribution in [0.4, 0.5) is 9.59 Å². The van der Waals surface area contributed by atoms with E-state index in [0.29, 0.717) is 0 Å². The monoisotopic (exact) mass is 647 g/mol. The highest BCUT2D eigenvalue weighted by atomic mass is 16.6. The van der Waals surface area contributed by atoms with Gasteiger partial charge in [-0.3, -0.25) is 4.79 Å². The summed E-state index contributed by atoms with van der Waals surface area (Å²) in [7, 11) is 0. The van der Waals surface area contributed by atoms with E-state index < -0.39 is 60.4 Å². The molecule has 3 rings (SSSR count). The van der Waals surface area contributed by atoms with Gasteiger partial charge in [-0.25, -0.2) is 9.59 Å². The van der Waals surface area contributed by atoms with E-state index in [-0.39, 0.29) is 25.4 Å². The first-order valence-electron chi connectivity index (χ1n) is 16.0. The number of alkyl carbamates (subject to hydrolysis) is 2. The van der Waals surface area contributed by atoms with Gasteiger partial charge in [0, 0.05) is 12.0 Å². The maximum atomic E-state index is 13.8. The second-order valence-corrected chi connectivity index (χ2v) is 13.0.